The topological polar surface area (TPSA) is 43.4 Å². The SMILES string of the molecule is CC1=C2C3=C(C)C(=O)O[C@]3(C)[C@@H](C)C[C@@H](C)C2CC1=O. The Kier molecular flexibility index (Phi) is 2.76. The van der Waals surface area contributed by atoms with Gasteiger partial charge in [0.25, 0.3) is 0 Å². The van der Waals surface area contributed by atoms with Crippen LogP contribution in [0.25, 0.3) is 0 Å². The molecule has 1 aliphatic heterocycles. The fourth-order valence-corrected chi connectivity index (χ4v) is 4.30. The summed E-state index contributed by atoms with van der Waals surface area (Å²) in [7, 11) is 0. The van der Waals surface area contributed by atoms with Crippen molar-refractivity contribution in [1.82, 2.24) is 0 Å². The first kappa shape index (κ1) is 13.6. The van der Waals surface area contributed by atoms with E-state index in [1.165, 1.54) is 0 Å². The van der Waals surface area contributed by atoms with Gasteiger partial charge in [0.1, 0.15) is 5.60 Å². The highest BCUT2D eigenvalue weighted by molar-refractivity contribution is 6.02. The van der Waals surface area contributed by atoms with E-state index in [4.69, 9.17) is 4.74 Å². The molecule has 0 aromatic carbocycles. The molecule has 3 rings (SSSR count). The third-order valence-electron chi connectivity index (χ3n) is 5.70. The lowest BCUT2D eigenvalue weighted by atomic mass is 9.79. The van der Waals surface area contributed by atoms with E-state index < -0.39 is 5.60 Å². The zero-order chi connectivity index (χ0) is 14.8. The fraction of sp³-hybridized carbons (Fsp3) is 0.647. The molecule has 108 valence electrons. The van der Waals surface area contributed by atoms with E-state index in [0.29, 0.717) is 17.9 Å². The lowest BCUT2D eigenvalue weighted by Crippen LogP contribution is -2.35. The van der Waals surface area contributed by atoms with Crippen LogP contribution in [0.4, 0.5) is 0 Å². The lowest BCUT2D eigenvalue weighted by Gasteiger charge is -2.32. The highest BCUT2D eigenvalue weighted by atomic mass is 16.6. The van der Waals surface area contributed by atoms with E-state index in [2.05, 4.69) is 13.8 Å². The first-order chi connectivity index (χ1) is 9.27. The minimum atomic E-state index is -0.564. The summed E-state index contributed by atoms with van der Waals surface area (Å²) in [5.74, 6) is 0.986. The molecule has 2 aliphatic carbocycles. The van der Waals surface area contributed by atoms with Gasteiger partial charge in [-0.25, -0.2) is 4.79 Å². The summed E-state index contributed by atoms with van der Waals surface area (Å²) in [6.07, 6.45) is 1.57. The Bertz CT molecular complexity index is 581. The van der Waals surface area contributed by atoms with Crippen molar-refractivity contribution in [3.63, 3.8) is 0 Å². The molecule has 3 aliphatic rings. The Balaban J connectivity index is 2.29. The standard InChI is InChI=1S/C17H22O3/c1-8-6-9(2)17(5)15(11(4)16(19)20-17)14-10(3)13(18)7-12(8)14/h8-9,12H,6-7H2,1-5H3/t8-,9+,12?,17-/m1/s1. The molecule has 3 nitrogen and oxygen atoms in total. The quantitative estimate of drug-likeness (QED) is 0.637. The van der Waals surface area contributed by atoms with Crippen molar-refractivity contribution in [3.05, 3.63) is 22.3 Å². The molecule has 1 fully saturated rings. The second kappa shape index (κ2) is 4.06. The van der Waals surface area contributed by atoms with Gasteiger partial charge in [0.05, 0.1) is 0 Å². The number of carbonyl (C=O) groups excluding carboxylic acids is 2. The highest BCUT2D eigenvalue weighted by Gasteiger charge is 2.54. The third kappa shape index (κ3) is 1.52. The molecule has 0 aromatic rings. The van der Waals surface area contributed by atoms with Gasteiger partial charge in [-0.15, -0.1) is 0 Å². The molecule has 3 heteroatoms. The van der Waals surface area contributed by atoms with Crippen LogP contribution in [0.5, 0.6) is 0 Å². The predicted molar refractivity (Wildman–Crippen MR) is 76.0 cm³/mol. The number of hydrogen-bond acceptors (Lipinski definition) is 3. The van der Waals surface area contributed by atoms with Crippen LogP contribution in [0.1, 0.15) is 47.5 Å². The molecule has 0 saturated heterocycles. The number of ether oxygens (including phenoxy) is 1. The molecule has 0 bridgehead atoms. The number of rotatable bonds is 0. The molecular formula is C17H22O3. The van der Waals surface area contributed by atoms with Gasteiger partial charge in [-0.1, -0.05) is 13.8 Å². The number of Topliss-reactive ketones (excluding diaryl/α,β-unsaturated/α-hetero) is 1. The van der Waals surface area contributed by atoms with Crippen LogP contribution in [0.2, 0.25) is 0 Å². The first-order valence-electron chi connectivity index (χ1n) is 7.46. The van der Waals surface area contributed by atoms with Crippen LogP contribution in [0, 0.1) is 17.8 Å². The second-order valence-electron chi connectivity index (χ2n) is 6.88. The van der Waals surface area contributed by atoms with Crippen molar-refractivity contribution < 1.29 is 14.3 Å². The molecule has 0 radical (unpaired) electrons. The molecule has 0 aromatic heterocycles. The lowest BCUT2D eigenvalue weighted by molar-refractivity contribution is -0.149. The van der Waals surface area contributed by atoms with Gasteiger partial charge in [0.2, 0.25) is 0 Å². The zero-order valence-electron chi connectivity index (χ0n) is 12.9. The van der Waals surface area contributed by atoms with Crippen LogP contribution < -0.4 is 0 Å². The van der Waals surface area contributed by atoms with Crippen molar-refractivity contribution in [2.75, 3.05) is 0 Å². The zero-order valence-corrected chi connectivity index (χ0v) is 12.9. The molecule has 20 heavy (non-hydrogen) atoms. The second-order valence-corrected chi connectivity index (χ2v) is 6.88. The normalized spacial score (nSPS) is 40.8. The largest absolute Gasteiger partial charge is 0.451 e. The van der Waals surface area contributed by atoms with Crippen molar-refractivity contribution >= 4 is 11.8 Å². The van der Waals surface area contributed by atoms with E-state index in [9.17, 15) is 9.59 Å². The molecule has 1 unspecified atom stereocenters. The van der Waals surface area contributed by atoms with Gasteiger partial charge in [-0.3, -0.25) is 4.79 Å². The number of fused-ring (bicyclic) bond motifs is 3. The number of esters is 1. The average Bonchev–Trinajstić information content (AvgIpc) is 2.75. The molecule has 0 N–H and O–H groups in total. The van der Waals surface area contributed by atoms with Gasteiger partial charge in [0, 0.05) is 23.5 Å². The summed E-state index contributed by atoms with van der Waals surface area (Å²) in [6.45, 7) is 10.1. The molecule has 0 spiro atoms. The van der Waals surface area contributed by atoms with Gasteiger partial charge < -0.3 is 4.74 Å². The Morgan fingerprint density at radius 1 is 1.15 bits per heavy atom. The summed E-state index contributed by atoms with van der Waals surface area (Å²) < 4.78 is 5.74. The summed E-state index contributed by atoms with van der Waals surface area (Å²) in [5.41, 5.74) is 3.09. The smallest absolute Gasteiger partial charge is 0.335 e. The minimum absolute atomic E-state index is 0.220. The Morgan fingerprint density at radius 2 is 1.80 bits per heavy atom. The van der Waals surface area contributed by atoms with Crippen molar-refractivity contribution in [3.8, 4) is 0 Å². The fourth-order valence-electron chi connectivity index (χ4n) is 4.30. The maximum absolute atomic E-state index is 12.2. The van der Waals surface area contributed by atoms with Gasteiger partial charge in [-0.05, 0) is 50.2 Å². The average molecular weight is 274 g/mol. The number of allylic oxidation sites excluding steroid dienone is 1. The third-order valence-corrected chi connectivity index (χ3v) is 5.70. The molecular weight excluding hydrogens is 252 g/mol. The maximum Gasteiger partial charge on any atom is 0.335 e. The Hall–Kier alpha value is -1.38. The summed E-state index contributed by atoms with van der Waals surface area (Å²) >= 11 is 0. The van der Waals surface area contributed by atoms with Crippen molar-refractivity contribution in [1.29, 1.82) is 0 Å². The van der Waals surface area contributed by atoms with Gasteiger partial charge >= 0.3 is 5.97 Å². The van der Waals surface area contributed by atoms with E-state index in [-0.39, 0.29) is 23.6 Å². The molecule has 0 amide bonds. The van der Waals surface area contributed by atoms with Crippen LogP contribution in [0.15, 0.2) is 22.3 Å². The highest BCUT2D eigenvalue weighted by Crippen LogP contribution is 2.54. The molecule has 1 heterocycles. The van der Waals surface area contributed by atoms with E-state index >= 15 is 0 Å². The van der Waals surface area contributed by atoms with Crippen molar-refractivity contribution in [2.24, 2.45) is 17.8 Å². The number of carbonyl (C=O) groups is 2. The van der Waals surface area contributed by atoms with E-state index in [1.54, 1.807) is 0 Å². The summed E-state index contributed by atoms with van der Waals surface area (Å²) in [6, 6.07) is 0. The molecule has 4 atom stereocenters. The summed E-state index contributed by atoms with van der Waals surface area (Å²) in [5, 5.41) is 0. The monoisotopic (exact) mass is 274 g/mol. The van der Waals surface area contributed by atoms with Crippen LogP contribution >= 0.6 is 0 Å². The Morgan fingerprint density at radius 3 is 2.45 bits per heavy atom. The maximum atomic E-state index is 12.2. The predicted octanol–water partition coefficient (Wildman–Crippen LogP) is 3.20. The van der Waals surface area contributed by atoms with Crippen LogP contribution in [-0.2, 0) is 14.3 Å². The summed E-state index contributed by atoms with van der Waals surface area (Å²) in [4.78, 5) is 24.2. The van der Waals surface area contributed by atoms with Gasteiger partial charge in [0.15, 0.2) is 5.78 Å². The number of ketones is 1. The van der Waals surface area contributed by atoms with Crippen molar-refractivity contribution in [2.45, 2.75) is 53.1 Å². The van der Waals surface area contributed by atoms with Crippen LogP contribution in [-0.4, -0.2) is 17.4 Å². The number of hydrogen-bond donors (Lipinski definition) is 0. The minimum Gasteiger partial charge on any atom is -0.451 e. The van der Waals surface area contributed by atoms with Gasteiger partial charge in [-0.2, -0.15) is 0 Å². The Labute approximate surface area is 120 Å². The first-order valence-corrected chi connectivity index (χ1v) is 7.46. The molecule has 1 saturated carbocycles. The van der Waals surface area contributed by atoms with E-state index in [1.807, 2.05) is 20.8 Å². The van der Waals surface area contributed by atoms with Crippen LogP contribution in [0.3, 0.4) is 0 Å². The van der Waals surface area contributed by atoms with E-state index in [0.717, 1.165) is 23.1 Å².